The zero-order valence-corrected chi connectivity index (χ0v) is 14.9. The Bertz CT molecular complexity index is 892. The number of tetrazole rings is 1. The molecule has 0 saturated carbocycles. The van der Waals surface area contributed by atoms with Crippen molar-refractivity contribution in [3.63, 3.8) is 0 Å². The van der Waals surface area contributed by atoms with Crippen LogP contribution in [-0.4, -0.2) is 26.1 Å². The molecule has 1 heterocycles. The lowest BCUT2D eigenvalue weighted by molar-refractivity contribution is -0.117. The average molecular weight is 376 g/mol. The van der Waals surface area contributed by atoms with E-state index in [2.05, 4.69) is 27.7 Å². The number of rotatable bonds is 5. The van der Waals surface area contributed by atoms with Crippen LogP contribution >= 0.6 is 23.2 Å². The van der Waals surface area contributed by atoms with Crippen molar-refractivity contribution < 1.29 is 4.79 Å². The fourth-order valence-corrected chi connectivity index (χ4v) is 2.58. The minimum atomic E-state index is -0.325. The summed E-state index contributed by atoms with van der Waals surface area (Å²) < 4.78 is 0. The summed E-state index contributed by atoms with van der Waals surface area (Å²) in [5, 5.41) is 15.5. The van der Waals surface area contributed by atoms with Crippen molar-refractivity contribution in [2.75, 3.05) is 5.32 Å². The van der Waals surface area contributed by atoms with Gasteiger partial charge in [-0.3, -0.25) is 4.79 Å². The molecule has 3 rings (SSSR count). The number of amides is 1. The van der Waals surface area contributed by atoms with Crippen molar-refractivity contribution in [1.29, 1.82) is 0 Å². The van der Waals surface area contributed by atoms with Crippen LogP contribution < -0.4 is 5.32 Å². The fraction of sp³-hybridized carbons (Fsp3) is 0.176. The lowest BCUT2D eigenvalue weighted by Crippen LogP contribution is -2.20. The molecule has 2 aromatic carbocycles. The zero-order chi connectivity index (χ0) is 17.8. The lowest BCUT2D eigenvalue weighted by Gasteiger charge is -2.07. The average Bonchev–Trinajstić information content (AvgIpc) is 3.07. The number of anilines is 1. The number of aromatic nitrogens is 4. The summed E-state index contributed by atoms with van der Waals surface area (Å²) in [6.45, 7) is 2.01. The van der Waals surface area contributed by atoms with Gasteiger partial charge in [0.05, 0.1) is 15.7 Å². The number of hydrogen-bond donors (Lipinski definition) is 1. The molecule has 0 aliphatic heterocycles. The molecule has 0 spiro atoms. The number of carbonyl (C=O) groups excluding carboxylic acids is 1. The molecule has 8 heteroatoms. The van der Waals surface area contributed by atoms with Gasteiger partial charge in [-0.05, 0) is 29.3 Å². The molecule has 6 nitrogen and oxygen atoms in total. The van der Waals surface area contributed by atoms with Crippen molar-refractivity contribution in [1.82, 2.24) is 20.2 Å². The normalized spacial score (nSPS) is 10.7. The molecule has 3 aromatic rings. The van der Waals surface area contributed by atoms with E-state index in [0.717, 1.165) is 12.0 Å². The van der Waals surface area contributed by atoms with Gasteiger partial charge < -0.3 is 5.32 Å². The quantitative estimate of drug-likeness (QED) is 0.734. The first-order chi connectivity index (χ1) is 12.1. The standard InChI is InChI=1S/C17H15Cl2N5O/c1-2-11-6-8-12(9-7-11)17-21-23-24(22-17)10-15(25)20-14-5-3-4-13(18)16(14)19/h3-9H,2,10H2,1H3,(H,20,25). The Hall–Kier alpha value is -2.44. The van der Waals surface area contributed by atoms with E-state index in [0.29, 0.717) is 21.6 Å². The van der Waals surface area contributed by atoms with Crippen LogP contribution in [0.3, 0.4) is 0 Å². The highest BCUT2D eigenvalue weighted by Gasteiger charge is 2.12. The summed E-state index contributed by atoms with van der Waals surface area (Å²) in [7, 11) is 0. The Kier molecular flexibility index (Phi) is 5.31. The van der Waals surface area contributed by atoms with Crippen molar-refractivity contribution in [2.45, 2.75) is 19.9 Å². The molecule has 0 bridgehead atoms. The maximum Gasteiger partial charge on any atom is 0.248 e. The highest BCUT2D eigenvalue weighted by molar-refractivity contribution is 6.43. The summed E-state index contributed by atoms with van der Waals surface area (Å²) in [6.07, 6.45) is 0.965. The van der Waals surface area contributed by atoms with Crippen LogP contribution in [0.2, 0.25) is 10.0 Å². The number of nitrogens with one attached hydrogen (secondary N) is 1. The van der Waals surface area contributed by atoms with E-state index in [1.54, 1.807) is 18.2 Å². The fourth-order valence-electron chi connectivity index (χ4n) is 2.23. The summed E-state index contributed by atoms with van der Waals surface area (Å²) in [6, 6.07) is 12.9. The molecular weight excluding hydrogens is 361 g/mol. The van der Waals surface area contributed by atoms with Gasteiger partial charge in [0.15, 0.2) is 0 Å². The topological polar surface area (TPSA) is 72.7 Å². The predicted molar refractivity (Wildman–Crippen MR) is 97.7 cm³/mol. The molecule has 0 aliphatic carbocycles. The number of carbonyl (C=O) groups is 1. The van der Waals surface area contributed by atoms with Gasteiger partial charge >= 0.3 is 0 Å². The van der Waals surface area contributed by atoms with Gasteiger partial charge in [-0.2, -0.15) is 4.80 Å². The number of hydrogen-bond acceptors (Lipinski definition) is 4. The van der Waals surface area contributed by atoms with Crippen molar-refractivity contribution in [3.05, 3.63) is 58.1 Å². The van der Waals surface area contributed by atoms with Crippen molar-refractivity contribution in [2.24, 2.45) is 0 Å². The van der Waals surface area contributed by atoms with E-state index in [9.17, 15) is 4.79 Å². The Morgan fingerprint density at radius 3 is 2.64 bits per heavy atom. The molecule has 0 aliphatic rings. The van der Waals surface area contributed by atoms with Gasteiger partial charge in [0.25, 0.3) is 0 Å². The van der Waals surface area contributed by atoms with Crippen LogP contribution in [0.25, 0.3) is 11.4 Å². The Balaban J connectivity index is 1.68. The Morgan fingerprint density at radius 2 is 1.92 bits per heavy atom. The van der Waals surface area contributed by atoms with Gasteiger partial charge in [-0.15, -0.1) is 10.2 Å². The van der Waals surface area contributed by atoms with E-state index >= 15 is 0 Å². The minimum absolute atomic E-state index is 0.0805. The summed E-state index contributed by atoms with van der Waals surface area (Å²) in [4.78, 5) is 13.4. The first-order valence-corrected chi connectivity index (χ1v) is 8.43. The number of aryl methyl sites for hydroxylation is 1. The van der Waals surface area contributed by atoms with Crippen LogP contribution in [-0.2, 0) is 17.8 Å². The first kappa shape index (κ1) is 17.4. The van der Waals surface area contributed by atoms with Gasteiger partial charge in [0.2, 0.25) is 11.7 Å². The molecular formula is C17H15Cl2N5O. The second-order valence-electron chi connectivity index (χ2n) is 5.34. The van der Waals surface area contributed by atoms with Crippen molar-refractivity contribution >= 4 is 34.8 Å². The number of nitrogens with zero attached hydrogens (tertiary/aromatic N) is 4. The van der Waals surface area contributed by atoms with Crippen LogP contribution in [0.1, 0.15) is 12.5 Å². The second-order valence-corrected chi connectivity index (χ2v) is 6.13. The zero-order valence-electron chi connectivity index (χ0n) is 13.4. The number of halogens is 2. The molecule has 1 N–H and O–H groups in total. The highest BCUT2D eigenvalue weighted by atomic mass is 35.5. The molecule has 0 fully saturated rings. The largest absolute Gasteiger partial charge is 0.323 e. The van der Waals surface area contributed by atoms with Gasteiger partial charge in [-0.25, -0.2) is 0 Å². The molecule has 1 amide bonds. The Labute approximate surface area is 154 Å². The maximum absolute atomic E-state index is 12.1. The van der Waals surface area contributed by atoms with E-state index in [4.69, 9.17) is 23.2 Å². The van der Waals surface area contributed by atoms with E-state index in [-0.39, 0.29) is 12.5 Å². The summed E-state index contributed by atoms with van der Waals surface area (Å²) in [5.41, 5.74) is 2.52. The van der Waals surface area contributed by atoms with Gasteiger partial charge in [0, 0.05) is 5.56 Å². The van der Waals surface area contributed by atoms with E-state index in [1.807, 2.05) is 24.3 Å². The summed E-state index contributed by atoms with van der Waals surface area (Å²) >= 11 is 12.0. The molecule has 0 unspecified atom stereocenters. The molecule has 0 radical (unpaired) electrons. The third-order valence-corrected chi connectivity index (χ3v) is 4.40. The van der Waals surface area contributed by atoms with E-state index < -0.39 is 0 Å². The second kappa shape index (κ2) is 7.63. The van der Waals surface area contributed by atoms with Crippen molar-refractivity contribution in [3.8, 4) is 11.4 Å². The van der Waals surface area contributed by atoms with Gasteiger partial charge in [0.1, 0.15) is 6.54 Å². The molecule has 0 saturated heterocycles. The molecule has 1 aromatic heterocycles. The molecule has 25 heavy (non-hydrogen) atoms. The van der Waals surface area contributed by atoms with E-state index in [1.165, 1.54) is 10.4 Å². The minimum Gasteiger partial charge on any atom is -0.323 e. The van der Waals surface area contributed by atoms with Crippen LogP contribution in [0.15, 0.2) is 42.5 Å². The third kappa shape index (κ3) is 4.15. The highest BCUT2D eigenvalue weighted by Crippen LogP contribution is 2.29. The van der Waals surface area contributed by atoms with Crippen LogP contribution in [0, 0.1) is 0 Å². The van der Waals surface area contributed by atoms with Gasteiger partial charge in [-0.1, -0.05) is 60.5 Å². The third-order valence-electron chi connectivity index (χ3n) is 3.58. The monoisotopic (exact) mass is 375 g/mol. The van der Waals surface area contributed by atoms with Crippen LogP contribution in [0.4, 0.5) is 5.69 Å². The smallest absolute Gasteiger partial charge is 0.248 e. The van der Waals surface area contributed by atoms with Crippen LogP contribution in [0.5, 0.6) is 0 Å². The predicted octanol–water partition coefficient (Wildman–Crippen LogP) is 3.85. The molecule has 0 atom stereocenters. The lowest BCUT2D eigenvalue weighted by atomic mass is 10.1. The number of benzene rings is 2. The molecule has 128 valence electrons. The Morgan fingerprint density at radius 1 is 1.16 bits per heavy atom. The SMILES string of the molecule is CCc1ccc(-c2nnn(CC(=O)Nc3cccc(Cl)c3Cl)n2)cc1. The maximum atomic E-state index is 12.1. The first-order valence-electron chi connectivity index (χ1n) is 7.68. The summed E-state index contributed by atoms with van der Waals surface area (Å²) in [5.74, 6) is 0.144.